The predicted molar refractivity (Wildman–Crippen MR) is 102 cm³/mol. The van der Waals surface area contributed by atoms with E-state index in [1.54, 1.807) is 7.11 Å². The molecule has 3 rings (SSSR count). The van der Waals surface area contributed by atoms with Crippen LogP contribution in [0.3, 0.4) is 0 Å². The Labute approximate surface area is 154 Å². The molecule has 0 bridgehead atoms. The second kappa shape index (κ2) is 8.30. The summed E-state index contributed by atoms with van der Waals surface area (Å²) >= 11 is 0. The van der Waals surface area contributed by atoms with E-state index in [9.17, 15) is 4.79 Å². The molecule has 0 saturated carbocycles. The van der Waals surface area contributed by atoms with Crippen LogP contribution in [0.2, 0.25) is 0 Å². The SMILES string of the molecule is COc1ccc(CNC(=O)[C@@H](C)[n+]2cccc(-c3ccccc3)c2)cc1. The van der Waals surface area contributed by atoms with Crippen molar-refractivity contribution in [2.45, 2.75) is 19.5 Å². The summed E-state index contributed by atoms with van der Waals surface area (Å²) < 4.78 is 7.08. The number of nitrogens with zero attached hydrogens (tertiary/aromatic N) is 1. The number of rotatable bonds is 6. The van der Waals surface area contributed by atoms with E-state index in [1.807, 2.05) is 78.5 Å². The second-order valence-electron chi connectivity index (χ2n) is 6.15. The van der Waals surface area contributed by atoms with Crippen LogP contribution in [-0.2, 0) is 11.3 Å². The molecule has 0 fully saturated rings. The van der Waals surface area contributed by atoms with E-state index in [0.29, 0.717) is 6.54 Å². The Morgan fingerprint density at radius 3 is 2.38 bits per heavy atom. The van der Waals surface area contributed by atoms with Gasteiger partial charge in [0.2, 0.25) is 6.04 Å². The lowest BCUT2D eigenvalue weighted by molar-refractivity contribution is -0.705. The Hall–Kier alpha value is -3.14. The first kappa shape index (κ1) is 17.7. The van der Waals surface area contributed by atoms with E-state index in [2.05, 4.69) is 17.4 Å². The molecule has 4 nitrogen and oxygen atoms in total. The molecule has 2 aromatic carbocycles. The highest BCUT2D eigenvalue weighted by atomic mass is 16.5. The molecule has 0 unspecified atom stereocenters. The van der Waals surface area contributed by atoms with Gasteiger partial charge in [-0.25, -0.2) is 0 Å². The summed E-state index contributed by atoms with van der Waals surface area (Å²) in [5.74, 6) is 0.790. The zero-order valence-corrected chi connectivity index (χ0v) is 15.1. The van der Waals surface area contributed by atoms with Crippen LogP contribution in [0.25, 0.3) is 11.1 Å². The summed E-state index contributed by atoms with van der Waals surface area (Å²) in [5, 5.41) is 2.99. The number of benzene rings is 2. The Morgan fingerprint density at radius 1 is 1.00 bits per heavy atom. The summed E-state index contributed by atoms with van der Waals surface area (Å²) in [6, 6.07) is 21.6. The van der Waals surface area contributed by atoms with Gasteiger partial charge in [0.05, 0.1) is 7.11 Å². The molecule has 4 heteroatoms. The predicted octanol–water partition coefficient (Wildman–Crippen LogP) is 3.53. The average Bonchev–Trinajstić information content (AvgIpc) is 2.72. The van der Waals surface area contributed by atoms with Gasteiger partial charge in [0.25, 0.3) is 5.91 Å². The van der Waals surface area contributed by atoms with Crippen molar-refractivity contribution in [3.8, 4) is 16.9 Å². The minimum absolute atomic E-state index is 0.0176. The summed E-state index contributed by atoms with van der Waals surface area (Å²) in [7, 11) is 1.64. The van der Waals surface area contributed by atoms with Crippen molar-refractivity contribution in [2.24, 2.45) is 0 Å². The van der Waals surface area contributed by atoms with Crippen LogP contribution in [0, 0.1) is 0 Å². The summed E-state index contributed by atoms with van der Waals surface area (Å²) in [6.07, 6.45) is 3.93. The number of ether oxygens (including phenoxy) is 1. The number of methoxy groups -OCH3 is 1. The minimum Gasteiger partial charge on any atom is -0.497 e. The van der Waals surface area contributed by atoms with Gasteiger partial charge >= 0.3 is 0 Å². The zero-order valence-electron chi connectivity index (χ0n) is 15.1. The highest BCUT2D eigenvalue weighted by molar-refractivity contribution is 5.78. The van der Waals surface area contributed by atoms with Crippen molar-refractivity contribution >= 4 is 5.91 Å². The smallest absolute Gasteiger partial charge is 0.289 e. The van der Waals surface area contributed by atoms with Crippen molar-refractivity contribution in [3.63, 3.8) is 0 Å². The Kier molecular flexibility index (Phi) is 5.64. The lowest BCUT2D eigenvalue weighted by Gasteiger charge is -2.10. The topological polar surface area (TPSA) is 42.2 Å². The maximum Gasteiger partial charge on any atom is 0.289 e. The highest BCUT2D eigenvalue weighted by Gasteiger charge is 2.22. The van der Waals surface area contributed by atoms with Crippen LogP contribution in [-0.4, -0.2) is 13.0 Å². The fraction of sp³-hybridized carbons (Fsp3) is 0.182. The van der Waals surface area contributed by atoms with Crippen molar-refractivity contribution in [3.05, 3.63) is 84.7 Å². The summed E-state index contributed by atoms with van der Waals surface area (Å²) in [4.78, 5) is 12.5. The van der Waals surface area contributed by atoms with Crippen LogP contribution in [0.4, 0.5) is 0 Å². The van der Waals surface area contributed by atoms with Gasteiger partial charge in [-0.3, -0.25) is 4.79 Å². The van der Waals surface area contributed by atoms with E-state index >= 15 is 0 Å². The first-order valence-corrected chi connectivity index (χ1v) is 8.64. The third-order valence-electron chi connectivity index (χ3n) is 4.38. The standard InChI is InChI=1S/C22H22N2O2/c1-17(22(25)23-15-18-10-12-21(26-2)13-11-18)24-14-6-9-20(16-24)19-7-4-3-5-8-19/h3-14,16-17H,15H2,1-2H3/p+1/t17-/m1/s1. The molecule has 0 aliphatic carbocycles. The minimum atomic E-state index is -0.295. The molecule has 0 aliphatic rings. The van der Waals surface area contributed by atoms with Crippen molar-refractivity contribution in [1.29, 1.82) is 0 Å². The number of pyridine rings is 1. The molecule has 132 valence electrons. The van der Waals surface area contributed by atoms with E-state index in [-0.39, 0.29) is 11.9 Å². The number of carbonyl (C=O) groups is 1. The molecule has 0 spiro atoms. The van der Waals surface area contributed by atoms with Gasteiger partial charge < -0.3 is 10.1 Å². The third-order valence-corrected chi connectivity index (χ3v) is 4.38. The van der Waals surface area contributed by atoms with Crippen LogP contribution in [0.1, 0.15) is 18.5 Å². The molecule has 1 heterocycles. The zero-order chi connectivity index (χ0) is 18.4. The fourth-order valence-corrected chi connectivity index (χ4v) is 2.75. The van der Waals surface area contributed by atoms with Crippen LogP contribution >= 0.6 is 0 Å². The van der Waals surface area contributed by atoms with Gasteiger partial charge in [-0.15, -0.1) is 0 Å². The van der Waals surface area contributed by atoms with Crippen molar-refractivity contribution in [1.82, 2.24) is 5.32 Å². The largest absolute Gasteiger partial charge is 0.497 e. The Balaban J connectivity index is 1.66. The highest BCUT2D eigenvalue weighted by Crippen LogP contribution is 2.17. The van der Waals surface area contributed by atoms with Crippen LogP contribution < -0.4 is 14.6 Å². The molecule has 1 N–H and O–H groups in total. The van der Waals surface area contributed by atoms with E-state index in [0.717, 1.165) is 22.4 Å². The Morgan fingerprint density at radius 2 is 1.69 bits per heavy atom. The van der Waals surface area contributed by atoms with E-state index < -0.39 is 0 Å². The van der Waals surface area contributed by atoms with Crippen molar-refractivity contribution < 1.29 is 14.1 Å². The number of carbonyl (C=O) groups excluding carboxylic acids is 1. The monoisotopic (exact) mass is 347 g/mol. The molecular formula is C22H23N2O2+. The fourth-order valence-electron chi connectivity index (χ4n) is 2.75. The molecule has 1 amide bonds. The quantitative estimate of drug-likeness (QED) is 0.693. The molecular weight excluding hydrogens is 324 g/mol. The lowest BCUT2D eigenvalue weighted by atomic mass is 10.1. The molecule has 1 atom stereocenters. The van der Waals surface area contributed by atoms with Crippen molar-refractivity contribution in [2.75, 3.05) is 7.11 Å². The van der Waals surface area contributed by atoms with E-state index in [1.165, 1.54) is 0 Å². The number of hydrogen-bond donors (Lipinski definition) is 1. The first-order valence-electron chi connectivity index (χ1n) is 8.64. The molecule has 3 aromatic rings. The molecule has 0 radical (unpaired) electrons. The molecule has 0 aliphatic heterocycles. The van der Waals surface area contributed by atoms with Gasteiger partial charge in [-0.2, -0.15) is 4.57 Å². The average molecular weight is 347 g/mol. The molecule has 1 aromatic heterocycles. The second-order valence-corrected chi connectivity index (χ2v) is 6.15. The van der Waals surface area contributed by atoms with Gasteiger partial charge in [0.1, 0.15) is 5.75 Å². The third kappa shape index (κ3) is 4.28. The lowest BCUT2D eigenvalue weighted by Crippen LogP contribution is -2.46. The van der Waals surface area contributed by atoms with Gasteiger partial charge in [-0.05, 0) is 29.3 Å². The van der Waals surface area contributed by atoms with Gasteiger partial charge in [0.15, 0.2) is 12.4 Å². The maximum atomic E-state index is 12.5. The van der Waals surface area contributed by atoms with Gasteiger partial charge in [-0.1, -0.05) is 42.5 Å². The molecule has 26 heavy (non-hydrogen) atoms. The number of nitrogens with one attached hydrogen (secondary N) is 1. The van der Waals surface area contributed by atoms with Crippen LogP contribution in [0.5, 0.6) is 5.75 Å². The first-order chi connectivity index (χ1) is 12.7. The summed E-state index contributed by atoms with van der Waals surface area (Å²) in [5.41, 5.74) is 3.25. The Bertz CT molecular complexity index is 861. The number of aromatic nitrogens is 1. The van der Waals surface area contributed by atoms with E-state index in [4.69, 9.17) is 4.74 Å². The number of amides is 1. The van der Waals surface area contributed by atoms with Gasteiger partial charge in [0, 0.05) is 25.1 Å². The molecule has 0 saturated heterocycles. The summed E-state index contributed by atoms with van der Waals surface area (Å²) in [6.45, 7) is 2.39. The number of hydrogen-bond acceptors (Lipinski definition) is 2. The van der Waals surface area contributed by atoms with Crippen LogP contribution in [0.15, 0.2) is 79.1 Å². The maximum absolute atomic E-state index is 12.5. The normalized spacial score (nSPS) is 11.6.